The van der Waals surface area contributed by atoms with Gasteiger partial charge in [0.15, 0.2) is 0 Å². The van der Waals surface area contributed by atoms with E-state index in [1.165, 1.54) is 53.5 Å². The fraction of sp³-hybridized carbons (Fsp3) is 0.474. The molecule has 128 valence electrons. The van der Waals surface area contributed by atoms with Crippen molar-refractivity contribution in [3.8, 4) is 5.82 Å². The molecule has 0 fully saturated rings. The van der Waals surface area contributed by atoms with Crippen LogP contribution in [0.3, 0.4) is 0 Å². The van der Waals surface area contributed by atoms with Gasteiger partial charge in [0.2, 0.25) is 5.82 Å². The number of nitrogens with zero attached hydrogens (tertiary/aromatic N) is 4. The molecule has 1 aromatic carbocycles. The molecule has 1 N–H and O–H groups in total. The van der Waals surface area contributed by atoms with E-state index in [0.717, 1.165) is 12.2 Å². The Bertz CT molecular complexity index is 793. The van der Waals surface area contributed by atoms with Gasteiger partial charge in [-0.2, -0.15) is 4.68 Å². The predicted octanol–water partition coefficient (Wildman–Crippen LogP) is 3.50. The lowest BCUT2D eigenvalue weighted by molar-refractivity contribution is 0.394. The summed E-state index contributed by atoms with van der Waals surface area (Å²) in [7, 11) is 4.27. The van der Waals surface area contributed by atoms with Crippen LogP contribution in [-0.2, 0) is 12.8 Å². The van der Waals surface area contributed by atoms with Gasteiger partial charge in [-0.25, -0.2) is 0 Å². The fourth-order valence-electron chi connectivity index (χ4n) is 2.98. The zero-order valence-corrected chi connectivity index (χ0v) is 15.1. The summed E-state index contributed by atoms with van der Waals surface area (Å²) in [5.74, 6) is 1.10. The van der Waals surface area contributed by atoms with Crippen LogP contribution in [0.15, 0.2) is 24.4 Å². The number of H-pyrrole nitrogens is 1. The lowest BCUT2D eigenvalue weighted by Gasteiger charge is -2.08. The minimum Gasteiger partial charge on any atom is -0.361 e. The van der Waals surface area contributed by atoms with Crippen molar-refractivity contribution in [3.63, 3.8) is 0 Å². The first-order valence-corrected chi connectivity index (χ1v) is 8.76. The summed E-state index contributed by atoms with van der Waals surface area (Å²) in [4.78, 5) is 5.60. The van der Waals surface area contributed by atoms with Gasteiger partial charge >= 0.3 is 0 Å². The van der Waals surface area contributed by atoms with Gasteiger partial charge in [-0.1, -0.05) is 23.8 Å². The van der Waals surface area contributed by atoms with Gasteiger partial charge in [0.1, 0.15) is 0 Å². The molecule has 3 heterocycles. The molecule has 2 aliphatic rings. The third-order valence-electron chi connectivity index (χ3n) is 4.45. The Labute approximate surface area is 143 Å². The number of nitrogens with one attached hydrogen (secondary N) is 1. The van der Waals surface area contributed by atoms with Crippen LogP contribution in [0, 0.1) is 6.92 Å². The third-order valence-corrected chi connectivity index (χ3v) is 4.45. The molecule has 4 rings (SSSR count). The van der Waals surface area contributed by atoms with Gasteiger partial charge in [-0.3, -0.25) is 0 Å². The number of aryl methyl sites for hydroxylation is 3. The minimum atomic E-state index is 1.07. The van der Waals surface area contributed by atoms with Crippen LogP contribution in [0.4, 0.5) is 0 Å². The van der Waals surface area contributed by atoms with Gasteiger partial charge in [0, 0.05) is 17.1 Å². The van der Waals surface area contributed by atoms with Crippen LogP contribution in [0.1, 0.15) is 36.6 Å². The standard InChI is InChI=1S/C15H22N2.C4H5N3/c1-12-7-8-15-14(10-12)13(11-16-15)6-4-5-9-17(2)3;1-2-3-4-5-6-7(3)4/h7-8,10-11,16H,4-6,9H2,1-3H3;2H2,1H3. The van der Waals surface area contributed by atoms with E-state index in [-0.39, 0.29) is 0 Å². The molecule has 5 nitrogen and oxygen atoms in total. The molecule has 0 radical (unpaired) electrons. The van der Waals surface area contributed by atoms with Gasteiger partial charge < -0.3 is 9.88 Å². The molecule has 0 saturated heterocycles. The van der Waals surface area contributed by atoms with E-state index in [9.17, 15) is 0 Å². The molecule has 0 unspecified atom stereocenters. The number of hydrogen-bond acceptors (Lipinski definition) is 3. The van der Waals surface area contributed by atoms with E-state index >= 15 is 0 Å². The first-order chi connectivity index (χ1) is 11.6. The van der Waals surface area contributed by atoms with Crippen molar-refractivity contribution in [1.29, 1.82) is 0 Å². The van der Waals surface area contributed by atoms with Crippen molar-refractivity contribution in [2.75, 3.05) is 20.6 Å². The first-order valence-electron chi connectivity index (χ1n) is 8.76. The van der Waals surface area contributed by atoms with Crippen LogP contribution >= 0.6 is 0 Å². The number of hydrogen-bond donors (Lipinski definition) is 1. The number of unbranched alkanes of at least 4 members (excludes halogenated alkanes) is 1. The Morgan fingerprint density at radius 3 is 2.58 bits per heavy atom. The van der Waals surface area contributed by atoms with Crippen molar-refractivity contribution in [1.82, 2.24) is 24.9 Å². The molecule has 1 aromatic heterocycles. The average molecular weight is 325 g/mol. The first kappa shape index (κ1) is 16.7. The molecule has 0 amide bonds. The zero-order chi connectivity index (χ0) is 17.1. The number of fused-ring (bicyclic) bond motifs is 2. The Hall–Kier alpha value is -2.14. The number of aromatic amines is 1. The van der Waals surface area contributed by atoms with Gasteiger partial charge in [-0.15, -0.1) is 5.10 Å². The maximum atomic E-state index is 3.73. The quantitative estimate of drug-likeness (QED) is 0.552. The maximum absolute atomic E-state index is 3.73. The van der Waals surface area contributed by atoms with Crippen molar-refractivity contribution >= 4 is 10.9 Å². The normalized spacial score (nSPS) is 11.7. The van der Waals surface area contributed by atoms with Crippen LogP contribution in [0.25, 0.3) is 16.7 Å². The second kappa shape index (κ2) is 7.18. The van der Waals surface area contributed by atoms with E-state index in [0.29, 0.717) is 0 Å². The highest BCUT2D eigenvalue weighted by molar-refractivity contribution is 5.83. The highest BCUT2D eigenvalue weighted by atomic mass is 15.6. The maximum Gasteiger partial charge on any atom is 0.201 e. The lowest BCUT2D eigenvalue weighted by Crippen LogP contribution is -2.12. The van der Waals surface area contributed by atoms with E-state index < -0.39 is 0 Å². The molecule has 0 spiro atoms. The van der Waals surface area contributed by atoms with E-state index in [1.54, 1.807) is 0 Å². The zero-order valence-electron chi connectivity index (χ0n) is 15.1. The van der Waals surface area contributed by atoms with E-state index in [1.807, 2.05) is 4.68 Å². The lowest BCUT2D eigenvalue weighted by atomic mass is 10.1. The molecule has 0 saturated carbocycles. The van der Waals surface area contributed by atoms with E-state index in [4.69, 9.17) is 0 Å². The largest absolute Gasteiger partial charge is 0.361 e. The second-order valence-corrected chi connectivity index (χ2v) is 6.75. The molecular formula is C19H27N5. The van der Waals surface area contributed by atoms with Crippen molar-refractivity contribution in [2.45, 2.75) is 39.5 Å². The molecule has 5 heteroatoms. The van der Waals surface area contributed by atoms with Crippen molar-refractivity contribution in [2.24, 2.45) is 0 Å². The molecule has 24 heavy (non-hydrogen) atoms. The highest BCUT2D eigenvalue weighted by Gasteiger charge is 2.27. The molecular weight excluding hydrogens is 298 g/mol. The molecule has 0 bridgehead atoms. The summed E-state index contributed by atoms with van der Waals surface area (Å²) in [6, 6.07) is 6.62. The fourth-order valence-corrected chi connectivity index (χ4v) is 2.98. The smallest absolute Gasteiger partial charge is 0.201 e. The predicted molar refractivity (Wildman–Crippen MR) is 98.8 cm³/mol. The molecule has 0 aliphatic carbocycles. The second-order valence-electron chi connectivity index (χ2n) is 6.75. The average Bonchev–Trinajstić information content (AvgIpc) is 2.87. The van der Waals surface area contributed by atoms with Crippen LogP contribution < -0.4 is 0 Å². The summed E-state index contributed by atoms with van der Waals surface area (Å²) >= 11 is 0. The van der Waals surface area contributed by atoms with Crippen LogP contribution in [0.5, 0.6) is 0 Å². The molecule has 2 aromatic rings. The topological polar surface area (TPSA) is 49.7 Å². The number of aromatic nitrogens is 4. The number of rotatable bonds is 6. The Morgan fingerprint density at radius 2 is 2.00 bits per heavy atom. The van der Waals surface area contributed by atoms with Crippen LogP contribution in [0.2, 0.25) is 0 Å². The monoisotopic (exact) mass is 325 g/mol. The van der Waals surface area contributed by atoms with E-state index in [2.05, 4.69) is 72.5 Å². The number of benzene rings is 1. The Balaban J connectivity index is 0.000000198. The van der Waals surface area contributed by atoms with Gasteiger partial charge in [0.25, 0.3) is 0 Å². The van der Waals surface area contributed by atoms with Crippen LogP contribution in [-0.4, -0.2) is 45.5 Å². The van der Waals surface area contributed by atoms with Crippen molar-refractivity contribution in [3.05, 3.63) is 41.2 Å². The Kier molecular flexibility index (Phi) is 5.00. The summed E-state index contributed by atoms with van der Waals surface area (Å²) in [6.45, 7) is 5.44. The SMILES string of the molecule is CCc1c2nnn1-2.Cc1ccc2[nH]cc(CCCCN(C)C)c2c1. The molecule has 0 atom stereocenters. The summed E-state index contributed by atoms with van der Waals surface area (Å²) in [5.41, 5.74) is 5.35. The summed E-state index contributed by atoms with van der Waals surface area (Å²) < 4.78 is 1.86. The Morgan fingerprint density at radius 1 is 1.21 bits per heavy atom. The highest BCUT2D eigenvalue weighted by Crippen LogP contribution is 2.25. The van der Waals surface area contributed by atoms with Gasteiger partial charge in [0.05, 0.1) is 5.69 Å². The summed E-state index contributed by atoms with van der Waals surface area (Å²) in [5, 5.41) is 8.80. The van der Waals surface area contributed by atoms with Crippen molar-refractivity contribution < 1.29 is 0 Å². The summed E-state index contributed by atoms with van der Waals surface area (Å²) in [6.07, 6.45) is 6.95. The van der Waals surface area contributed by atoms with Gasteiger partial charge in [-0.05, 0) is 70.9 Å². The third kappa shape index (κ3) is 3.67. The minimum absolute atomic E-state index is 1.07. The molecule has 2 aliphatic heterocycles.